The molecule has 2 heterocycles. The van der Waals surface area contributed by atoms with Gasteiger partial charge >= 0.3 is 5.97 Å². The van der Waals surface area contributed by atoms with E-state index in [0.29, 0.717) is 18.4 Å². The summed E-state index contributed by atoms with van der Waals surface area (Å²) in [4.78, 5) is 13.6. The summed E-state index contributed by atoms with van der Waals surface area (Å²) in [5, 5.41) is 9.34. The van der Waals surface area contributed by atoms with E-state index in [4.69, 9.17) is 4.42 Å². The molecule has 4 heteroatoms. The van der Waals surface area contributed by atoms with Crippen molar-refractivity contribution in [2.45, 2.75) is 32.7 Å². The van der Waals surface area contributed by atoms with Gasteiger partial charge in [-0.2, -0.15) is 0 Å². The van der Waals surface area contributed by atoms with Crippen LogP contribution < -0.4 is 0 Å². The van der Waals surface area contributed by atoms with Gasteiger partial charge in [-0.05, 0) is 36.8 Å². The highest BCUT2D eigenvalue weighted by Gasteiger charge is 2.45. The Labute approximate surface area is 113 Å². The van der Waals surface area contributed by atoms with Crippen LogP contribution in [0.15, 0.2) is 16.5 Å². The van der Waals surface area contributed by atoms with Crippen LogP contribution in [0.4, 0.5) is 0 Å². The maximum absolute atomic E-state index is 11.3. The van der Waals surface area contributed by atoms with Crippen LogP contribution in [-0.4, -0.2) is 29.1 Å². The summed E-state index contributed by atoms with van der Waals surface area (Å²) in [7, 11) is 0. The molecule has 2 aliphatic rings. The Hall–Kier alpha value is -1.29. The summed E-state index contributed by atoms with van der Waals surface area (Å²) < 4.78 is 5.71. The fourth-order valence-corrected chi connectivity index (χ4v) is 3.22. The normalized spacial score (nSPS) is 27.8. The largest absolute Gasteiger partial charge is 0.481 e. The van der Waals surface area contributed by atoms with Gasteiger partial charge in [0.1, 0.15) is 11.5 Å². The van der Waals surface area contributed by atoms with E-state index in [1.54, 1.807) is 0 Å². The van der Waals surface area contributed by atoms with Crippen molar-refractivity contribution >= 4 is 5.97 Å². The van der Waals surface area contributed by atoms with Gasteiger partial charge in [0.15, 0.2) is 0 Å². The fourth-order valence-electron chi connectivity index (χ4n) is 3.22. The van der Waals surface area contributed by atoms with Gasteiger partial charge in [0.2, 0.25) is 0 Å². The third-order valence-corrected chi connectivity index (χ3v) is 4.43. The van der Waals surface area contributed by atoms with Crippen LogP contribution in [0.25, 0.3) is 0 Å². The fraction of sp³-hybridized carbons (Fsp3) is 0.667. The first-order valence-electron chi connectivity index (χ1n) is 7.20. The molecule has 2 fully saturated rings. The molecular weight excluding hydrogens is 242 g/mol. The monoisotopic (exact) mass is 263 g/mol. The zero-order chi connectivity index (χ0) is 13.4. The quantitative estimate of drug-likeness (QED) is 0.886. The number of carbonyl (C=O) groups is 1. The molecular formula is C15H21NO3. The van der Waals surface area contributed by atoms with Crippen molar-refractivity contribution in [3.05, 3.63) is 23.7 Å². The van der Waals surface area contributed by atoms with Gasteiger partial charge in [0, 0.05) is 19.5 Å². The van der Waals surface area contributed by atoms with Crippen molar-refractivity contribution in [2.24, 2.45) is 17.8 Å². The van der Waals surface area contributed by atoms with Crippen LogP contribution in [0, 0.1) is 17.8 Å². The van der Waals surface area contributed by atoms with Crippen molar-refractivity contribution in [2.75, 3.05) is 13.1 Å². The minimum atomic E-state index is -0.631. The average Bonchev–Trinajstić information content (AvgIpc) is 2.99. The van der Waals surface area contributed by atoms with E-state index in [9.17, 15) is 9.90 Å². The predicted molar refractivity (Wildman–Crippen MR) is 70.7 cm³/mol. The number of hydrogen-bond acceptors (Lipinski definition) is 3. The highest BCUT2D eigenvalue weighted by Crippen LogP contribution is 2.44. The number of hydrogen-bond donors (Lipinski definition) is 1. The Morgan fingerprint density at radius 1 is 1.37 bits per heavy atom. The number of furan rings is 1. The first kappa shape index (κ1) is 12.7. The van der Waals surface area contributed by atoms with Gasteiger partial charge in [-0.15, -0.1) is 0 Å². The highest BCUT2D eigenvalue weighted by molar-refractivity contribution is 5.71. The Bertz CT molecular complexity index is 464. The molecule has 0 radical (unpaired) electrons. The zero-order valence-electron chi connectivity index (χ0n) is 11.3. The van der Waals surface area contributed by atoms with Gasteiger partial charge in [-0.1, -0.05) is 6.92 Å². The molecule has 104 valence electrons. The molecule has 1 saturated carbocycles. The van der Waals surface area contributed by atoms with Crippen LogP contribution in [0.1, 0.15) is 31.3 Å². The molecule has 1 aliphatic carbocycles. The molecule has 0 aromatic carbocycles. The molecule has 1 N–H and O–H groups in total. The molecule has 19 heavy (non-hydrogen) atoms. The molecule has 0 bridgehead atoms. The van der Waals surface area contributed by atoms with Crippen LogP contribution in [0.2, 0.25) is 0 Å². The highest BCUT2D eigenvalue weighted by atomic mass is 16.4. The molecule has 0 amide bonds. The van der Waals surface area contributed by atoms with E-state index in [1.807, 2.05) is 12.1 Å². The molecule has 1 aromatic heterocycles. The van der Waals surface area contributed by atoms with Crippen LogP contribution >= 0.6 is 0 Å². The van der Waals surface area contributed by atoms with Crippen molar-refractivity contribution in [3.63, 3.8) is 0 Å². The maximum Gasteiger partial charge on any atom is 0.308 e. The smallest absolute Gasteiger partial charge is 0.308 e. The van der Waals surface area contributed by atoms with E-state index in [2.05, 4.69) is 11.8 Å². The summed E-state index contributed by atoms with van der Waals surface area (Å²) in [6.45, 7) is 4.39. The Morgan fingerprint density at radius 2 is 2.11 bits per heavy atom. The molecule has 0 unspecified atom stereocenters. The third kappa shape index (κ3) is 2.68. The van der Waals surface area contributed by atoms with Crippen molar-refractivity contribution in [1.29, 1.82) is 0 Å². The third-order valence-electron chi connectivity index (χ3n) is 4.43. The minimum absolute atomic E-state index is 0.187. The zero-order valence-corrected chi connectivity index (χ0v) is 11.3. The number of nitrogens with zero attached hydrogens (tertiary/aromatic N) is 1. The standard InChI is InChI=1S/C15H21NO3/c1-2-11-5-6-12(19-11)7-16-8-13(10-3-4-10)14(9-16)15(17)18/h5-6,10,13-14H,2-4,7-9H2,1H3,(H,17,18)/t13-,14+/m1/s1. The second-order valence-corrected chi connectivity index (χ2v) is 5.86. The number of carboxylic acid groups (broad SMARTS) is 1. The van der Waals surface area contributed by atoms with Gasteiger partial charge < -0.3 is 9.52 Å². The molecule has 3 rings (SSSR count). The number of carboxylic acids is 1. The Kier molecular flexibility index (Phi) is 3.35. The average molecular weight is 263 g/mol. The van der Waals surface area contributed by atoms with Gasteiger partial charge in [0.25, 0.3) is 0 Å². The SMILES string of the molecule is CCc1ccc(CN2C[C@H](C(=O)O)[C@@H](C3CC3)C2)o1. The van der Waals surface area contributed by atoms with Gasteiger partial charge in [0.05, 0.1) is 12.5 Å². The summed E-state index contributed by atoms with van der Waals surface area (Å²) in [6.07, 6.45) is 3.33. The molecule has 1 saturated heterocycles. The van der Waals surface area contributed by atoms with Gasteiger partial charge in [-0.3, -0.25) is 9.69 Å². The minimum Gasteiger partial charge on any atom is -0.481 e. The summed E-state index contributed by atoms with van der Waals surface area (Å²) in [5.41, 5.74) is 0. The number of likely N-dealkylation sites (tertiary alicyclic amines) is 1. The summed E-state index contributed by atoms with van der Waals surface area (Å²) in [6, 6.07) is 4.03. The molecule has 0 spiro atoms. The summed E-state index contributed by atoms with van der Waals surface area (Å²) >= 11 is 0. The van der Waals surface area contributed by atoms with Crippen LogP contribution in [0.5, 0.6) is 0 Å². The lowest BCUT2D eigenvalue weighted by Crippen LogP contribution is -2.24. The predicted octanol–water partition coefficient (Wildman–Crippen LogP) is 2.38. The van der Waals surface area contributed by atoms with Crippen LogP contribution in [0.3, 0.4) is 0 Å². The molecule has 2 atom stereocenters. The second kappa shape index (κ2) is 5.00. The number of rotatable bonds is 5. The van der Waals surface area contributed by atoms with Crippen molar-refractivity contribution < 1.29 is 14.3 Å². The Morgan fingerprint density at radius 3 is 2.68 bits per heavy atom. The second-order valence-electron chi connectivity index (χ2n) is 5.86. The molecule has 1 aliphatic heterocycles. The van der Waals surface area contributed by atoms with E-state index >= 15 is 0 Å². The van der Waals surface area contributed by atoms with E-state index in [1.165, 1.54) is 12.8 Å². The van der Waals surface area contributed by atoms with E-state index in [0.717, 1.165) is 31.0 Å². The topological polar surface area (TPSA) is 53.7 Å². The number of aryl methyl sites for hydroxylation is 1. The van der Waals surface area contributed by atoms with Crippen molar-refractivity contribution in [1.82, 2.24) is 4.90 Å². The Balaban J connectivity index is 1.64. The van der Waals surface area contributed by atoms with Crippen LogP contribution in [-0.2, 0) is 17.8 Å². The molecule has 4 nitrogen and oxygen atoms in total. The molecule has 1 aromatic rings. The first-order valence-corrected chi connectivity index (χ1v) is 7.20. The van der Waals surface area contributed by atoms with E-state index < -0.39 is 5.97 Å². The van der Waals surface area contributed by atoms with Crippen molar-refractivity contribution in [3.8, 4) is 0 Å². The lowest BCUT2D eigenvalue weighted by molar-refractivity contribution is -0.142. The lowest BCUT2D eigenvalue weighted by atomic mass is 9.92. The van der Waals surface area contributed by atoms with Gasteiger partial charge in [-0.25, -0.2) is 0 Å². The lowest BCUT2D eigenvalue weighted by Gasteiger charge is -2.13. The number of aliphatic carboxylic acids is 1. The van der Waals surface area contributed by atoms with E-state index in [-0.39, 0.29) is 5.92 Å². The summed E-state index contributed by atoms with van der Waals surface area (Å²) in [5.74, 6) is 2.13. The first-order chi connectivity index (χ1) is 9.17. The maximum atomic E-state index is 11.3.